The summed E-state index contributed by atoms with van der Waals surface area (Å²) in [7, 11) is 0. The largest absolute Gasteiger partial charge is 0.424 e. The molecule has 15 heavy (non-hydrogen) atoms. The molecule has 0 atom stereocenters. The van der Waals surface area contributed by atoms with Gasteiger partial charge in [0.25, 0.3) is 0 Å². The molecule has 1 heterocycles. The number of nitrogens with zero attached hydrogens (tertiary/aromatic N) is 2. The molecule has 0 aromatic carbocycles. The molecule has 0 amide bonds. The van der Waals surface area contributed by atoms with Crippen molar-refractivity contribution in [1.29, 1.82) is 0 Å². The molecule has 5 nitrogen and oxygen atoms in total. The van der Waals surface area contributed by atoms with E-state index in [1.165, 1.54) is 0 Å². The zero-order chi connectivity index (χ0) is 11.3. The first-order valence-corrected chi connectivity index (χ1v) is 5.31. The smallest absolute Gasteiger partial charge is 0.230 e. The number of hydrogen-bond donors (Lipinski definition) is 2. The van der Waals surface area contributed by atoms with E-state index in [4.69, 9.17) is 4.42 Å². The summed E-state index contributed by atoms with van der Waals surface area (Å²) in [6.07, 6.45) is 1.47. The molecule has 0 saturated heterocycles. The van der Waals surface area contributed by atoms with Crippen molar-refractivity contribution in [3.8, 4) is 0 Å². The summed E-state index contributed by atoms with van der Waals surface area (Å²) in [5.74, 6) is 1.12. The number of aromatic nitrogens is 2. The van der Waals surface area contributed by atoms with Gasteiger partial charge in [-0.15, -0.1) is 10.2 Å². The van der Waals surface area contributed by atoms with Crippen LogP contribution in [0.1, 0.15) is 38.5 Å². The van der Waals surface area contributed by atoms with Crippen LogP contribution < -0.4 is 5.32 Å². The second-order valence-electron chi connectivity index (χ2n) is 3.75. The van der Waals surface area contributed by atoms with Crippen LogP contribution in [0.15, 0.2) is 4.42 Å². The van der Waals surface area contributed by atoms with Gasteiger partial charge in [0.15, 0.2) is 0 Å². The lowest BCUT2D eigenvalue weighted by molar-refractivity contribution is 0.0318. The van der Waals surface area contributed by atoms with Gasteiger partial charge in [-0.25, -0.2) is 0 Å². The normalized spacial score (nSPS) is 12.0. The minimum absolute atomic E-state index is 0.503. The van der Waals surface area contributed by atoms with E-state index in [1.54, 1.807) is 6.92 Å². The Bertz CT molecular complexity index is 295. The Hall–Kier alpha value is -0.940. The van der Waals surface area contributed by atoms with Crippen molar-refractivity contribution in [2.45, 2.75) is 45.8 Å². The third kappa shape index (κ3) is 3.60. The highest BCUT2D eigenvalue weighted by Crippen LogP contribution is 2.12. The van der Waals surface area contributed by atoms with Gasteiger partial charge in [0, 0.05) is 13.5 Å². The fourth-order valence-corrected chi connectivity index (χ4v) is 1.31. The second kappa shape index (κ2) is 5.23. The maximum absolute atomic E-state index is 9.98. The fourth-order valence-electron chi connectivity index (χ4n) is 1.31. The molecule has 0 fully saturated rings. The number of hydrogen-bond acceptors (Lipinski definition) is 5. The number of nitrogens with one attached hydrogen (secondary N) is 1. The summed E-state index contributed by atoms with van der Waals surface area (Å²) < 4.78 is 5.20. The van der Waals surface area contributed by atoms with Crippen molar-refractivity contribution in [2.75, 3.05) is 6.54 Å². The Labute approximate surface area is 89.9 Å². The molecule has 0 bridgehead atoms. The lowest BCUT2D eigenvalue weighted by atomic mass is 9.98. The SMILES string of the molecule is CCC(O)(CC)CNCc1nnc(C)o1. The summed E-state index contributed by atoms with van der Waals surface area (Å²) in [5.41, 5.74) is -0.630. The maximum Gasteiger partial charge on any atom is 0.230 e. The summed E-state index contributed by atoms with van der Waals surface area (Å²) in [6.45, 7) is 6.75. The number of rotatable bonds is 6. The number of aliphatic hydroxyl groups is 1. The molecule has 0 saturated carbocycles. The van der Waals surface area contributed by atoms with E-state index in [0.717, 1.165) is 12.8 Å². The lowest BCUT2D eigenvalue weighted by Crippen LogP contribution is -2.39. The molecule has 2 N–H and O–H groups in total. The van der Waals surface area contributed by atoms with Gasteiger partial charge < -0.3 is 14.8 Å². The average Bonchev–Trinajstić information content (AvgIpc) is 2.64. The van der Waals surface area contributed by atoms with Crippen LogP contribution in [0.2, 0.25) is 0 Å². The second-order valence-corrected chi connectivity index (χ2v) is 3.75. The van der Waals surface area contributed by atoms with E-state index in [9.17, 15) is 5.11 Å². The molecule has 0 aliphatic carbocycles. The zero-order valence-corrected chi connectivity index (χ0v) is 9.58. The van der Waals surface area contributed by atoms with Crippen LogP contribution in [0.3, 0.4) is 0 Å². The predicted molar refractivity (Wildman–Crippen MR) is 56.3 cm³/mol. The fraction of sp³-hybridized carbons (Fsp3) is 0.800. The Morgan fingerprint density at radius 2 is 2.00 bits per heavy atom. The van der Waals surface area contributed by atoms with Gasteiger partial charge in [-0.3, -0.25) is 0 Å². The van der Waals surface area contributed by atoms with Gasteiger partial charge in [-0.2, -0.15) is 0 Å². The van der Waals surface area contributed by atoms with E-state index < -0.39 is 5.60 Å². The Morgan fingerprint density at radius 3 is 2.47 bits per heavy atom. The Kier molecular flexibility index (Phi) is 4.23. The van der Waals surface area contributed by atoms with Crippen molar-refractivity contribution in [3.63, 3.8) is 0 Å². The molecular weight excluding hydrogens is 194 g/mol. The van der Waals surface area contributed by atoms with E-state index in [0.29, 0.717) is 24.9 Å². The average molecular weight is 213 g/mol. The molecular formula is C10H19N3O2. The Morgan fingerprint density at radius 1 is 1.33 bits per heavy atom. The third-order valence-electron chi connectivity index (χ3n) is 2.61. The first-order valence-electron chi connectivity index (χ1n) is 5.31. The van der Waals surface area contributed by atoms with E-state index in [-0.39, 0.29) is 0 Å². The van der Waals surface area contributed by atoms with Crippen LogP contribution >= 0.6 is 0 Å². The van der Waals surface area contributed by atoms with Gasteiger partial charge in [-0.1, -0.05) is 13.8 Å². The molecule has 0 radical (unpaired) electrons. The molecule has 1 aromatic heterocycles. The zero-order valence-electron chi connectivity index (χ0n) is 9.58. The van der Waals surface area contributed by atoms with Crippen LogP contribution in [-0.4, -0.2) is 27.4 Å². The predicted octanol–water partition coefficient (Wildman–Crippen LogP) is 1.02. The van der Waals surface area contributed by atoms with Crippen LogP contribution in [-0.2, 0) is 6.54 Å². The standard InChI is InChI=1S/C10H19N3O2/c1-4-10(14,5-2)7-11-6-9-13-12-8(3)15-9/h11,14H,4-7H2,1-3H3. The van der Waals surface area contributed by atoms with Crippen molar-refractivity contribution >= 4 is 0 Å². The molecule has 1 aromatic rings. The van der Waals surface area contributed by atoms with Crippen LogP contribution in [0.5, 0.6) is 0 Å². The van der Waals surface area contributed by atoms with Gasteiger partial charge in [0.05, 0.1) is 12.1 Å². The summed E-state index contributed by atoms with van der Waals surface area (Å²) in [5, 5.41) is 20.7. The van der Waals surface area contributed by atoms with Gasteiger partial charge in [0.2, 0.25) is 11.8 Å². The van der Waals surface area contributed by atoms with E-state index >= 15 is 0 Å². The highest BCUT2D eigenvalue weighted by Gasteiger charge is 2.21. The molecule has 86 valence electrons. The van der Waals surface area contributed by atoms with Crippen molar-refractivity contribution < 1.29 is 9.52 Å². The van der Waals surface area contributed by atoms with E-state index in [1.807, 2.05) is 13.8 Å². The monoisotopic (exact) mass is 213 g/mol. The molecule has 0 spiro atoms. The maximum atomic E-state index is 9.98. The van der Waals surface area contributed by atoms with Gasteiger partial charge in [-0.05, 0) is 12.8 Å². The first kappa shape index (κ1) is 12.1. The van der Waals surface area contributed by atoms with E-state index in [2.05, 4.69) is 15.5 Å². The summed E-state index contributed by atoms with van der Waals surface area (Å²) in [6, 6.07) is 0. The minimum Gasteiger partial charge on any atom is -0.424 e. The van der Waals surface area contributed by atoms with Crippen molar-refractivity contribution in [3.05, 3.63) is 11.8 Å². The first-order chi connectivity index (χ1) is 7.09. The molecule has 0 aliphatic rings. The summed E-state index contributed by atoms with van der Waals surface area (Å²) >= 11 is 0. The van der Waals surface area contributed by atoms with Gasteiger partial charge >= 0.3 is 0 Å². The summed E-state index contributed by atoms with van der Waals surface area (Å²) in [4.78, 5) is 0. The van der Waals surface area contributed by atoms with Crippen LogP contribution in [0, 0.1) is 6.92 Å². The van der Waals surface area contributed by atoms with Crippen molar-refractivity contribution in [1.82, 2.24) is 15.5 Å². The topological polar surface area (TPSA) is 71.2 Å². The molecule has 5 heteroatoms. The quantitative estimate of drug-likeness (QED) is 0.738. The van der Waals surface area contributed by atoms with Crippen molar-refractivity contribution in [2.24, 2.45) is 0 Å². The highest BCUT2D eigenvalue weighted by molar-refractivity contribution is 4.81. The van der Waals surface area contributed by atoms with Crippen LogP contribution in [0.4, 0.5) is 0 Å². The third-order valence-corrected chi connectivity index (χ3v) is 2.61. The molecule has 1 rings (SSSR count). The molecule has 0 aliphatic heterocycles. The van der Waals surface area contributed by atoms with Crippen LogP contribution in [0.25, 0.3) is 0 Å². The highest BCUT2D eigenvalue weighted by atomic mass is 16.4. The van der Waals surface area contributed by atoms with Gasteiger partial charge in [0.1, 0.15) is 0 Å². The number of aryl methyl sites for hydroxylation is 1. The Balaban J connectivity index is 2.32. The lowest BCUT2D eigenvalue weighted by Gasteiger charge is -2.25. The molecule has 0 unspecified atom stereocenters. The minimum atomic E-state index is -0.630.